The van der Waals surface area contributed by atoms with Crippen molar-refractivity contribution < 1.29 is 4.79 Å². The lowest BCUT2D eigenvalue weighted by molar-refractivity contribution is -0.133. The first-order valence-electron chi connectivity index (χ1n) is 6.88. The van der Waals surface area contributed by atoms with E-state index in [2.05, 4.69) is 28.4 Å². The number of nitrogens with zero attached hydrogens (tertiary/aromatic N) is 2. The van der Waals surface area contributed by atoms with Crippen LogP contribution in [0, 0.1) is 0 Å². The Morgan fingerprint density at radius 1 is 1.37 bits per heavy atom. The molecule has 1 aromatic rings. The van der Waals surface area contributed by atoms with Gasteiger partial charge in [0.25, 0.3) is 0 Å². The first kappa shape index (κ1) is 14.0. The van der Waals surface area contributed by atoms with Crippen LogP contribution in [0.1, 0.15) is 11.1 Å². The number of nitrogens with one attached hydrogen (secondary N) is 1. The van der Waals surface area contributed by atoms with Crippen molar-refractivity contribution >= 4 is 5.91 Å². The van der Waals surface area contributed by atoms with Crippen molar-refractivity contribution in [2.75, 3.05) is 40.3 Å². The normalized spacial score (nSPS) is 14.6. The van der Waals surface area contributed by atoms with Gasteiger partial charge in [-0.15, -0.1) is 0 Å². The standard InChI is InChI=1S/C15H23N3O/c1-16-8-10-17(2)12-15(19)18-9-7-13-5-3-4-6-14(13)11-18/h3-6,16H,7-12H2,1-2H3. The summed E-state index contributed by atoms with van der Waals surface area (Å²) in [6.45, 7) is 3.91. The van der Waals surface area contributed by atoms with Gasteiger partial charge in [0.05, 0.1) is 6.54 Å². The molecule has 0 aromatic heterocycles. The molecular weight excluding hydrogens is 238 g/mol. The third-order valence-corrected chi connectivity index (χ3v) is 3.63. The van der Waals surface area contributed by atoms with E-state index >= 15 is 0 Å². The van der Waals surface area contributed by atoms with E-state index < -0.39 is 0 Å². The summed E-state index contributed by atoms with van der Waals surface area (Å²) in [7, 11) is 3.92. The Bertz CT molecular complexity index is 433. The van der Waals surface area contributed by atoms with Gasteiger partial charge in [-0.25, -0.2) is 0 Å². The molecule has 1 aliphatic heterocycles. The summed E-state index contributed by atoms with van der Waals surface area (Å²) in [6.07, 6.45) is 0.974. The van der Waals surface area contributed by atoms with Crippen molar-refractivity contribution in [3.63, 3.8) is 0 Å². The molecule has 104 valence electrons. The van der Waals surface area contributed by atoms with E-state index in [4.69, 9.17) is 0 Å². The predicted molar refractivity (Wildman–Crippen MR) is 77.0 cm³/mol. The van der Waals surface area contributed by atoms with E-state index in [0.29, 0.717) is 6.54 Å². The quantitative estimate of drug-likeness (QED) is 0.848. The lowest BCUT2D eigenvalue weighted by Gasteiger charge is -2.30. The molecule has 1 aliphatic rings. The second-order valence-electron chi connectivity index (χ2n) is 5.18. The summed E-state index contributed by atoms with van der Waals surface area (Å²) in [5.74, 6) is 0.230. The van der Waals surface area contributed by atoms with Gasteiger partial charge in [0.1, 0.15) is 0 Å². The highest BCUT2D eigenvalue weighted by atomic mass is 16.2. The Morgan fingerprint density at radius 2 is 2.11 bits per heavy atom. The maximum atomic E-state index is 12.2. The Morgan fingerprint density at radius 3 is 2.84 bits per heavy atom. The Hall–Kier alpha value is -1.39. The summed E-state index contributed by atoms with van der Waals surface area (Å²) in [4.78, 5) is 16.3. The molecule has 1 aromatic carbocycles. The lowest BCUT2D eigenvalue weighted by atomic mass is 10.00. The molecular formula is C15H23N3O. The predicted octanol–water partition coefficient (Wildman–Crippen LogP) is 0.723. The van der Waals surface area contributed by atoms with E-state index in [1.165, 1.54) is 11.1 Å². The number of rotatable bonds is 5. The van der Waals surface area contributed by atoms with Crippen molar-refractivity contribution in [1.29, 1.82) is 0 Å². The highest BCUT2D eigenvalue weighted by Crippen LogP contribution is 2.18. The third kappa shape index (κ3) is 3.78. The molecule has 1 amide bonds. The van der Waals surface area contributed by atoms with E-state index in [0.717, 1.165) is 32.6 Å². The Labute approximate surface area is 115 Å². The zero-order chi connectivity index (χ0) is 13.7. The zero-order valence-electron chi connectivity index (χ0n) is 11.9. The minimum Gasteiger partial charge on any atom is -0.337 e. The molecule has 0 aliphatic carbocycles. The minimum absolute atomic E-state index is 0.230. The topological polar surface area (TPSA) is 35.6 Å². The van der Waals surface area contributed by atoms with E-state index in [9.17, 15) is 4.79 Å². The van der Waals surface area contributed by atoms with Gasteiger partial charge in [-0.1, -0.05) is 24.3 Å². The maximum Gasteiger partial charge on any atom is 0.237 e. The Kier molecular flexibility index (Phi) is 4.93. The summed E-state index contributed by atoms with van der Waals surface area (Å²) in [5, 5.41) is 3.10. The van der Waals surface area contributed by atoms with Crippen molar-refractivity contribution in [2.45, 2.75) is 13.0 Å². The van der Waals surface area contributed by atoms with Gasteiger partial charge in [-0.3, -0.25) is 9.69 Å². The number of carbonyl (C=O) groups is 1. The first-order chi connectivity index (χ1) is 9.20. The van der Waals surface area contributed by atoms with E-state index in [-0.39, 0.29) is 5.91 Å². The van der Waals surface area contributed by atoms with Gasteiger partial charge in [-0.2, -0.15) is 0 Å². The van der Waals surface area contributed by atoms with Crippen molar-refractivity contribution in [3.8, 4) is 0 Å². The average Bonchev–Trinajstić information content (AvgIpc) is 2.44. The SMILES string of the molecule is CNCCN(C)CC(=O)N1CCc2ccccc2C1. The third-order valence-electron chi connectivity index (χ3n) is 3.63. The molecule has 0 unspecified atom stereocenters. The number of amides is 1. The molecule has 1 heterocycles. The molecule has 19 heavy (non-hydrogen) atoms. The van der Waals surface area contributed by atoms with Gasteiger partial charge in [0, 0.05) is 26.2 Å². The molecule has 2 rings (SSSR count). The van der Waals surface area contributed by atoms with Crippen LogP contribution in [0.25, 0.3) is 0 Å². The largest absolute Gasteiger partial charge is 0.337 e. The second kappa shape index (κ2) is 6.68. The highest BCUT2D eigenvalue weighted by Gasteiger charge is 2.20. The molecule has 0 saturated heterocycles. The smallest absolute Gasteiger partial charge is 0.237 e. The van der Waals surface area contributed by atoms with Gasteiger partial charge in [0.2, 0.25) is 5.91 Å². The fourth-order valence-corrected chi connectivity index (χ4v) is 2.42. The molecule has 4 heteroatoms. The highest BCUT2D eigenvalue weighted by molar-refractivity contribution is 5.78. The monoisotopic (exact) mass is 261 g/mol. The summed E-state index contributed by atoms with van der Waals surface area (Å²) in [5.41, 5.74) is 2.68. The van der Waals surface area contributed by atoms with Crippen LogP contribution in [0.2, 0.25) is 0 Å². The van der Waals surface area contributed by atoms with E-state index in [1.807, 2.05) is 25.1 Å². The molecule has 0 fully saturated rings. The van der Waals surface area contributed by atoms with Crippen LogP contribution in [0.15, 0.2) is 24.3 Å². The number of benzene rings is 1. The van der Waals surface area contributed by atoms with Gasteiger partial charge in [-0.05, 0) is 31.6 Å². The molecule has 0 saturated carbocycles. The number of fused-ring (bicyclic) bond motifs is 1. The molecule has 0 radical (unpaired) electrons. The van der Waals surface area contributed by atoms with Crippen LogP contribution < -0.4 is 5.32 Å². The second-order valence-corrected chi connectivity index (χ2v) is 5.18. The van der Waals surface area contributed by atoms with Crippen molar-refractivity contribution in [1.82, 2.24) is 15.1 Å². The fourth-order valence-electron chi connectivity index (χ4n) is 2.42. The molecule has 1 N–H and O–H groups in total. The fraction of sp³-hybridized carbons (Fsp3) is 0.533. The van der Waals surface area contributed by atoms with Crippen LogP contribution in [0.4, 0.5) is 0 Å². The summed E-state index contributed by atoms with van der Waals surface area (Å²) < 4.78 is 0. The summed E-state index contributed by atoms with van der Waals surface area (Å²) in [6, 6.07) is 8.41. The molecule has 4 nitrogen and oxygen atoms in total. The van der Waals surface area contributed by atoms with Gasteiger partial charge in [0.15, 0.2) is 0 Å². The number of carbonyl (C=O) groups excluding carboxylic acids is 1. The summed E-state index contributed by atoms with van der Waals surface area (Å²) >= 11 is 0. The molecule has 0 spiro atoms. The van der Waals surface area contributed by atoms with E-state index in [1.54, 1.807) is 0 Å². The minimum atomic E-state index is 0.230. The van der Waals surface area contributed by atoms with Gasteiger partial charge < -0.3 is 10.2 Å². The van der Waals surface area contributed by atoms with Crippen LogP contribution >= 0.6 is 0 Å². The number of hydrogen-bond donors (Lipinski definition) is 1. The van der Waals surface area contributed by atoms with Crippen molar-refractivity contribution in [2.24, 2.45) is 0 Å². The Balaban J connectivity index is 1.88. The number of hydrogen-bond acceptors (Lipinski definition) is 3. The van der Waals surface area contributed by atoms with Gasteiger partial charge >= 0.3 is 0 Å². The molecule has 0 atom stereocenters. The molecule has 0 bridgehead atoms. The average molecular weight is 261 g/mol. The van der Waals surface area contributed by atoms with Crippen LogP contribution in [-0.4, -0.2) is 56.0 Å². The van der Waals surface area contributed by atoms with Crippen molar-refractivity contribution in [3.05, 3.63) is 35.4 Å². The first-order valence-corrected chi connectivity index (χ1v) is 6.88. The zero-order valence-corrected chi connectivity index (χ0v) is 11.9. The van der Waals surface area contributed by atoms with Crippen LogP contribution in [-0.2, 0) is 17.8 Å². The maximum absolute atomic E-state index is 12.2. The number of likely N-dealkylation sites (N-methyl/N-ethyl adjacent to an activating group) is 2. The van der Waals surface area contributed by atoms with Crippen LogP contribution in [0.3, 0.4) is 0 Å². The van der Waals surface area contributed by atoms with Crippen LogP contribution in [0.5, 0.6) is 0 Å². The lowest BCUT2D eigenvalue weighted by Crippen LogP contribution is -2.42.